The van der Waals surface area contributed by atoms with Gasteiger partial charge in [0.05, 0.1) is 55.1 Å². The molecule has 10 aromatic carbocycles. The maximum atomic E-state index is 6.29. The molecule has 4 nitrogen and oxygen atoms in total. The number of halogens is 6. The Balaban J connectivity index is 0.000000131. The number of para-hydroxylation sites is 2. The molecule has 0 N–H and O–H groups in total. The molecule has 9 fully saturated rings. The second-order valence-corrected chi connectivity index (χ2v) is 68.1. The van der Waals surface area contributed by atoms with Crippen LogP contribution in [0.2, 0.25) is 0 Å². The van der Waals surface area contributed by atoms with Crippen LogP contribution in [0.1, 0.15) is 322 Å². The Bertz CT molecular complexity index is 4710. The SMILES string of the molecule is C1CCC(P(C2CCCCC2)C2CCCCC2)CC1.C1CCC([PH+](C2CCCCC2)C2CCCCC2)CC1.C1CCC([PH+](C2CCCCC2)C2CCCCC2)CC1.COc1ccccc1C1=C[C](=[Ru]([Cl])[Cl])c2cccc(OC)c21.COc1ccccc1C1=C[C](=[Ru]([Cl])[Cl])c2cccc(OC)c21.ClCCl.c1ccc([PH+](c2ccccc2)c2ccccc2)cc1.c1ccc([PH+](c2ccccc2)c2ccccc2)cc1. The van der Waals surface area contributed by atoms with Gasteiger partial charge in [-0.1, -0.05) is 213 Å². The number of rotatable bonds is 21. The van der Waals surface area contributed by atoms with Crippen LogP contribution in [0, 0.1) is 0 Å². The van der Waals surface area contributed by atoms with E-state index in [4.69, 9.17) is 80.9 Å². The van der Waals surface area contributed by atoms with Crippen molar-refractivity contribution >= 4 is 153 Å². The van der Waals surface area contributed by atoms with Crippen LogP contribution in [0.5, 0.6) is 23.0 Å². The van der Waals surface area contributed by atoms with Crippen molar-refractivity contribution in [3.05, 3.63) is 312 Å². The maximum absolute atomic E-state index is 6.29. The molecule has 21 rings (SSSR count). The van der Waals surface area contributed by atoms with Gasteiger partial charge in [-0.05, 0) is 282 Å². The summed E-state index contributed by atoms with van der Waals surface area (Å²) in [5, 5.41) is 8.81. The molecule has 17 heteroatoms. The number of benzene rings is 10. The van der Waals surface area contributed by atoms with Crippen molar-refractivity contribution in [2.24, 2.45) is 0 Å². The van der Waals surface area contributed by atoms with Gasteiger partial charge >= 0.3 is 286 Å². The summed E-state index contributed by atoms with van der Waals surface area (Å²) in [5.41, 5.74) is 19.2. The minimum Gasteiger partial charge on any atom is -0.109 e. The van der Waals surface area contributed by atoms with Crippen molar-refractivity contribution in [2.75, 3.05) is 33.8 Å². The summed E-state index contributed by atoms with van der Waals surface area (Å²) >= 11 is 5.46. The molecule has 766 valence electrons. The van der Waals surface area contributed by atoms with Crippen LogP contribution in [0.25, 0.3) is 11.1 Å². The molecule has 0 radical (unpaired) electrons. The quantitative estimate of drug-likeness (QED) is 0.0408. The van der Waals surface area contributed by atoms with Crippen molar-refractivity contribution in [1.82, 2.24) is 0 Å². The fraction of sp³-hybridized carbons (Fsp3) is 0.472. The van der Waals surface area contributed by atoms with E-state index in [1.807, 2.05) is 84.9 Å². The summed E-state index contributed by atoms with van der Waals surface area (Å²) in [6.07, 6.45) is 75.4. The van der Waals surface area contributed by atoms with E-state index in [9.17, 15) is 0 Å². The molecule has 0 spiro atoms. The summed E-state index contributed by atoms with van der Waals surface area (Å²) in [7, 11) is 30.4. The summed E-state index contributed by atoms with van der Waals surface area (Å²) in [6, 6.07) is 92.7. The molecule has 0 atom stereocenters. The minimum absolute atomic E-state index is 0.0465. The van der Waals surface area contributed by atoms with E-state index >= 15 is 0 Å². The first kappa shape index (κ1) is 113. The van der Waals surface area contributed by atoms with Gasteiger partial charge in [0.1, 0.15) is 31.8 Å². The van der Waals surface area contributed by atoms with Gasteiger partial charge in [0.25, 0.3) is 0 Å². The fourth-order valence-corrected chi connectivity index (χ4v) is 50.8. The summed E-state index contributed by atoms with van der Waals surface area (Å²) in [6.45, 7) is 0. The van der Waals surface area contributed by atoms with Crippen LogP contribution in [-0.4, -0.2) is 92.9 Å². The summed E-state index contributed by atoms with van der Waals surface area (Å²) in [4.78, 5) is 0. The first-order chi connectivity index (χ1) is 70.0. The maximum Gasteiger partial charge on any atom is 0.102 e. The molecule has 0 aliphatic heterocycles. The van der Waals surface area contributed by atoms with Crippen LogP contribution < -0.4 is 50.8 Å². The van der Waals surface area contributed by atoms with Gasteiger partial charge in [-0.15, -0.1) is 23.2 Å². The van der Waals surface area contributed by atoms with Gasteiger partial charge in [-0.3, -0.25) is 0 Å². The Morgan fingerprint density at radius 3 is 0.620 bits per heavy atom. The first-order valence-corrected chi connectivity index (χ1v) is 74.3. The van der Waals surface area contributed by atoms with Crippen molar-refractivity contribution < 1.29 is 46.0 Å². The van der Waals surface area contributed by atoms with Crippen molar-refractivity contribution in [2.45, 2.75) is 340 Å². The standard InChI is InChI=1S/3C18H33P.2C18H15P.2C17H14O2.CH2Cl2.4ClH.2Ru/c5*1-4-10-16(11-5-1)19(17-12-6-2-7-13-17)18-14-8-3-9-15-18;2*1-18-15-8-4-3-7-13(15)14-11-10-12-6-5-9-16(19-2)17(12)14;2-1-3;;;;;;/h3*16-18H,1-15H2;2*1-15H;2*3-9,11H,1-2H3;1H2;4*1H;;/q;;;;;;;;;;;;2*+2. The minimum atomic E-state index is -2.03. The Morgan fingerprint density at radius 1 is 0.232 bits per heavy atom. The second kappa shape index (κ2) is 63.2. The number of allylic oxidation sites excluding steroid dienone is 2. The third-order valence-corrected chi connectivity index (χ3v) is 56.9. The zero-order valence-corrected chi connectivity index (χ0v) is 98.2. The Labute approximate surface area is 899 Å². The molecule has 11 aliphatic carbocycles. The Hall–Kier alpha value is -4.24. The van der Waals surface area contributed by atoms with E-state index in [2.05, 4.69) is 194 Å². The molecule has 142 heavy (non-hydrogen) atoms. The van der Waals surface area contributed by atoms with Gasteiger partial charge in [0, 0.05) is 15.8 Å². The van der Waals surface area contributed by atoms with Crippen LogP contribution >= 0.6 is 102 Å². The largest absolute Gasteiger partial charge is 0.109 e. The third kappa shape index (κ3) is 32.9. The number of fused-ring (bicyclic) bond motifs is 2. The zero-order chi connectivity index (χ0) is 98.7. The predicted octanol–water partition coefficient (Wildman–Crippen LogP) is 35.8. The summed E-state index contributed by atoms with van der Waals surface area (Å²) in [5.74, 6) is 3.26. The van der Waals surface area contributed by atoms with E-state index in [0.29, 0.717) is 7.92 Å². The molecular formula is C125H163Cl6O4P5Ru2+4. The third-order valence-electron chi connectivity index (χ3n) is 32.0. The van der Waals surface area contributed by atoms with E-state index < -0.39 is 42.9 Å². The molecule has 0 aromatic heterocycles. The zero-order valence-electron chi connectivity index (χ0n) is 85.3. The van der Waals surface area contributed by atoms with Crippen LogP contribution in [0.4, 0.5) is 0 Å². The number of methoxy groups -OCH3 is 4. The molecule has 10 aromatic rings. The first-order valence-electron chi connectivity index (χ1n) is 54.5. The average Bonchev–Trinajstić information content (AvgIpc) is 1.61. The molecule has 0 saturated heterocycles. The number of hydrogen-bond acceptors (Lipinski definition) is 4. The Morgan fingerprint density at radius 2 is 0.415 bits per heavy atom. The summed E-state index contributed by atoms with van der Waals surface area (Å²) < 4.78 is 24.1. The smallest absolute Gasteiger partial charge is 0.102 e. The van der Waals surface area contributed by atoms with E-state index in [1.54, 1.807) is 298 Å². The van der Waals surface area contributed by atoms with E-state index in [1.165, 1.54) is 102 Å². The molecule has 0 amide bonds. The molecule has 9 saturated carbocycles. The molecular weight excluding hydrogens is 2140 g/mol. The van der Waals surface area contributed by atoms with Gasteiger partial charge < -0.3 is 0 Å². The van der Waals surface area contributed by atoms with Gasteiger partial charge in [-0.25, -0.2) is 0 Å². The molecule has 0 heterocycles. The van der Waals surface area contributed by atoms with E-state index in [0.717, 1.165) is 75.7 Å². The molecule has 0 unspecified atom stereocenters. The topological polar surface area (TPSA) is 36.9 Å². The van der Waals surface area contributed by atoms with Gasteiger partial charge in [0.2, 0.25) is 0 Å². The normalized spacial score (nSPS) is 18.8. The van der Waals surface area contributed by atoms with Gasteiger partial charge in [0.15, 0.2) is 0 Å². The van der Waals surface area contributed by atoms with E-state index in [-0.39, 0.29) is 21.2 Å². The van der Waals surface area contributed by atoms with Crippen molar-refractivity contribution in [3.8, 4) is 23.0 Å². The predicted molar refractivity (Wildman–Crippen MR) is 633 cm³/mol. The van der Waals surface area contributed by atoms with Crippen molar-refractivity contribution in [3.63, 3.8) is 0 Å². The number of hydrogen-bond donors (Lipinski definition) is 0. The second-order valence-electron chi connectivity index (χ2n) is 40.7. The fourth-order valence-electron chi connectivity index (χ4n) is 25.5. The molecule has 0 bridgehead atoms. The van der Waals surface area contributed by atoms with Crippen LogP contribution in [0.3, 0.4) is 0 Å². The van der Waals surface area contributed by atoms with Crippen molar-refractivity contribution in [1.29, 1.82) is 0 Å². The number of ether oxygens (including phenoxy) is 4. The monoisotopic (exact) mass is 2300 g/mol. The van der Waals surface area contributed by atoms with Gasteiger partial charge in [-0.2, -0.15) is 0 Å². The van der Waals surface area contributed by atoms with Crippen LogP contribution in [-0.2, 0) is 27.0 Å². The number of alkyl halides is 2. The molecule has 11 aliphatic rings. The van der Waals surface area contributed by atoms with Crippen LogP contribution in [0.15, 0.2) is 279 Å². The Kier molecular flexibility index (Phi) is 50.4. The average molecular weight is 2300 g/mol.